The van der Waals surface area contributed by atoms with E-state index < -0.39 is 6.10 Å². The van der Waals surface area contributed by atoms with Crippen LogP contribution in [0.15, 0.2) is 71.3 Å². The van der Waals surface area contributed by atoms with Gasteiger partial charge in [-0.15, -0.1) is 0 Å². The lowest BCUT2D eigenvalue weighted by Crippen LogP contribution is -2.37. The molecule has 30 heavy (non-hydrogen) atoms. The van der Waals surface area contributed by atoms with Crippen molar-refractivity contribution >= 4 is 28.3 Å². The van der Waals surface area contributed by atoms with Gasteiger partial charge in [-0.2, -0.15) is 4.98 Å². The maximum absolute atomic E-state index is 12.7. The lowest BCUT2D eigenvalue weighted by Gasteiger charge is -2.18. The Labute approximate surface area is 178 Å². The summed E-state index contributed by atoms with van der Waals surface area (Å²) in [7, 11) is 0. The van der Waals surface area contributed by atoms with Gasteiger partial charge < -0.3 is 14.6 Å². The van der Waals surface area contributed by atoms with Crippen LogP contribution in [-0.2, 0) is 11.3 Å². The number of hydrogen-bond acceptors (Lipinski definition) is 5. The number of nitrogens with zero attached hydrogens (tertiary/aromatic N) is 2. The van der Waals surface area contributed by atoms with E-state index in [2.05, 4.69) is 15.5 Å². The standard InChI is InChI=1S/C23H20ClN3O3/c1-2-19(29-20-13-7-9-15-8-3-4-10-16(15)20)23(28)25-14-21-26-22(27-30-21)17-11-5-6-12-18(17)24/h3-13,19H,2,14H2,1H3,(H,25,28). The molecule has 1 atom stereocenters. The minimum absolute atomic E-state index is 0.103. The summed E-state index contributed by atoms with van der Waals surface area (Å²) in [5.41, 5.74) is 0.672. The highest BCUT2D eigenvalue weighted by atomic mass is 35.5. The number of fused-ring (bicyclic) bond motifs is 1. The summed E-state index contributed by atoms with van der Waals surface area (Å²) in [6, 6.07) is 20.9. The van der Waals surface area contributed by atoms with Crippen LogP contribution in [0.3, 0.4) is 0 Å². The highest BCUT2D eigenvalue weighted by Crippen LogP contribution is 2.27. The molecular formula is C23H20ClN3O3. The number of amides is 1. The molecule has 1 amide bonds. The normalized spacial score (nSPS) is 11.9. The lowest BCUT2D eigenvalue weighted by atomic mass is 10.1. The topological polar surface area (TPSA) is 77.2 Å². The van der Waals surface area contributed by atoms with Crippen molar-refractivity contribution in [3.05, 3.63) is 77.6 Å². The average molecular weight is 422 g/mol. The van der Waals surface area contributed by atoms with E-state index in [4.69, 9.17) is 20.9 Å². The third-order valence-corrected chi connectivity index (χ3v) is 5.01. The second-order valence-corrected chi connectivity index (χ2v) is 7.11. The first kappa shape index (κ1) is 19.9. The molecule has 0 aliphatic rings. The van der Waals surface area contributed by atoms with Crippen LogP contribution in [0.1, 0.15) is 19.2 Å². The van der Waals surface area contributed by atoms with E-state index in [0.29, 0.717) is 34.5 Å². The molecule has 0 radical (unpaired) electrons. The van der Waals surface area contributed by atoms with E-state index in [1.165, 1.54) is 0 Å². The molecule has 0 fully saturated rings. The van der Waals surface area contributed by atoms with Crippen LogP contribution >= 0.6 is 11.6 Å². The monoisotopic (exact) mass is 421 g/mol. The predicted octanol–water partition coefficient (Wildman–Crippen LogP) is 5.02. The second-order valence-electron chi connectivity index (χ2n) is 6.70. The molecular weight excluding hydrogens is 402 g/mol. The fraction of sp³-hybridized carbons (Fsp3) is 0.174. The minimum atomic E-state index is -0.637. The van der Waals surface area contributed by atoms with Crippen LogP contribution in [0.5, 0.6) is 5.75 Å². The van der Waals surface area contributed by atoms with Crippen molar-refractivity contribution in [1.29, 1.82) is 0 Å². The van der Waals surface area contributed by atoms with Gasteiger partial charge in [0.05, 0.1) is 11.6 Å². The Morgan fingerprint density at radius 3 is 2.70 bits per heavy atom. The van der Waals surface area contributed by atoms with Crippen molar-refractivity contribution in [1.82, 2.24) is 15.5 Å². The average Bonchev–Trinajstić information content (AvgIpc) is 3.25. The molecule has 4 rings (SSSR count). The van der Waals surface area contributed by atoms with Crippen molar-refractivity contribution in [3.8, 4) is 17.1 Å². The molecule has 1 heterocycles. The van der Waals surface area contributed by atoms with Crippen LogP contribution in [0.2, 0.25) is 5.02 Å². The van der Waals surface area contributed by atoms with Crippen molar-refractivity contribution in [2.24, 2.45) is 0 Å². The number of aromatic nitrogens is 2. The zero-order valence-electron chi connectivity index (χ0n) is 16.3. The molecule has 0 bridgehead atoms. The first-order chi connectivity index (χ1) is 14.7. The number of carbonyl (C=O) groups is 1. The molecule has 0 saturated carbocycles. The Morgan fingerprint density at radius 2 is 1.87 bits per heavy atom. The van der Waals surface area contributed by atoms with Crippen LogP contribution in [0, 0.1) is 0 Å². The van der Waals surface area contributed by atoms with Crippen LogP contribution in [0.4, 0.5) is 0 Å². The van der Waals surface area contributed by atoms with E-state index >= 15 is 0 Å². The highest BCUT2D eigenvalue weighted by molar-refractivity contribution is 6.33. The first-order valence-electron chi connectivity index (χ1n) is 9.65. The summed E-state index contributed by atoms with van der Waals surface area (Å²) in [5.74, 6) is 1.10. The molecule has 7 heteroatoms. The maximum atomic E-state index is 12.7. The summed E-state index contributed by atoms with van der Waals surface area (Å²) in [5, 5.41) is 9.30. The van der Waals surface area contributed by atoms with Gasteiger partial charge in [0, 0.05) is 10.9 Å². The van der Waals surface area contributed by atoms with Gasteiger partial charge in [-0.3, -0.25) is 4.79 Å². The molecule has 1 unspecified atom stereocenters. The molecule has 0 saturated heterocycles. The number of ether oxygens (including phenoxy) is 1. The van der Waals surface area contributed by atoms with Crippen LogP contribution < -0.4 is 10.1 Å². The first-order valence-corrected chi connectivity index (χ1v) is 10.0. The number of nitrogens with one attached hydrogen (secondary N) is 1. The summed E-state index contributed by atoms with van der Waals surface area (Å²) in [6.45, 7) is 2.00. The lowest BCUT2D eigenvalue weighted by molar-refractivity contribution is -0.128. The van der Waals surface area contributed by atoms with Gasteiger partial charge in [0.25, 0.3) is 5.91 Å². The summed E-state index contributed by atoms with van der Waals surface area (Å²) >= 11 is 6.17. The van der Waals surface area contributed by atoms with Crippen LogP contribution in [-0.4, -0.2) is 22.2 Å². The Hall–Kier alpha value is -3.38. The fourth-order valence-electron chi connectivity index (χ4n) is 3.13. The fourth-order valence-corrected chi connectivity index (χ4v) is 3.35. The number of carbonyl (C=O) groups excluding carboxylic acids is 1. The van der Waals surface area contributed by atoms with E-state index in [1.54, 1.807) is 12.1 Å². The van der Waals surface area contributed by atoms with Gasteiger partial charge in [-0.1, -0.05) is 72.2 Å². The quantitative estimate of drug-likeness (QED) is 0.453. The second kappa shape index (κ2) is 8.97. The van der Waals surface area contributed by atoms with Crippen LogP contribution in [0.25, 0.3) is 22.2 Å². The van der Waals surface area contributed by atoms with Gasteiger partial charge in [0.2, 0.25) is 11.7 Å². The molecule has 3 aromatic carbocycles. The minimum Gasteiger partial charge on any atom is -0.480 e. The van der Waals surface area contributed by atoms with E-state index in [9.17, 15) is 4.79 Å². The molecule has 152 valence electrons. The third kappa shape index (κ3) is 4.28. The van der Waals surface area contributed by atoms with Crippen molar-refractivity contribution in [2.75, 3.05) is 0 Å². The molecule has 0 spiro atoms. The maximum Gasteiger partial charge on any atom is 0.261 e. The Kier molecular flexibility index (Phi) is 5.95. The molecule has 1 aromatic heterocycles. The molecule has 0 aliphatic heterocycles. The SMILES string of the molecule is CCC(Oc1cccc2ccccc12)C(=O)NCc1nc(-c2ccccc2Cl)no1. The zero-order chi connectivity index (χ0) is 20.9. The molecule has 6 nitrogen and oxygen atoms in total. The number of hydrogen-bond donors (Lipinski definition) is 1. The zero-order valence-corrected chi connectivity index (χ0v) is 17.1. The number of benzene rings is 3. The van der Waals surface area contributed by atoms with E-state index in [0.717, 1.165) is 10.8 Å². The Bertz CT molecular complexity index is 1170. The van der Waals surface area contributed by atoms with Gasteiger partial charge >= 0.3 is 0 Å². The smallest absolute Gasteiger partial charge is 0.261 e. The number of rotatable bonds is 7. The molecule has 1 N–H and O–H groups in total. The largest absolute Gasteiger partial charge is 0.480 e. The highest BCUT2D eigenvalue weighted by Gasteiger charge is 2.20. The van der Waals surface area contributed by atoms with E-state index in [-0.39, 0.29) is 12.5 Å². The molecule has 4 aromatic rings. The summed E-state index contributed by atoms with van der Waals surface area (Å²) in [4.78, 5) is 17.0. The summed E-state index contributed by atoms with van der Waals surface area (Å²) < 4.78 is 11.3. The van der Waals surface area contributed by atoms with Crippen molar-refractivity contribution < 1.29 is 14.1 Å². The van der Waals surface area contributed by atoms with Gasteiger partial charge in [-0.25, -0.2) is 0 Å². The van der Waals surface area contributed by atoms with Gasteiger partial charge in [-0.05, 0) is 30.0 Å². The van der Waals surface area contributed by atoms with E-state index in [1.807, 2.05) is 61.5 Å². The Balaban J connectivity index is 1.42. The molecule has 0 aliphatic carbocycles. The van der Waals surface area contributed by atoms with Crippen molar-refractivity contribution in [3.63, 3.8) is 0 Å². The summed E-state index contributed by atoms with van der Waals surface area (Å²) in [6.07, 6.45) is -0.120. The predicted molar refractivity (Wildman–Crippen MR) is 115 cm³/mol. The van der Waals surface area contributed by atoms with Gasteiger partial charge in [0.15, 0.2) is 6.10 Å². The van der Waals surface area contributed by atoms with Crippen molar-refractivity contribution in [2.45, 2.75) is 26.0 Å². The third-order valence-electron chi connectivity index (χ3n) is 4.68. The Morgan fingerprint density at radius 1 is 1.10 bits per heavy atom. The number of halogens is 1. The van der Waals surface area contributed by atoms with Gasteiger partial charge in [0.1, 0.15) is 5.75 Å².